The minimum absolute atomic E-state index is 0.0446. The molecule has 1 heterocycles. The quantitative estimate of drug-likeness (QED) is 0.494. The molecule has 1 atom stereocenters. The number of nitrogens with zero attached hydrogens (tertiary/aromatic N) is 2. The van der Waals surface area contributed by atoms with Crippen molar-refractivity contribution in [1.82, 2.24) is 10.4 Å². The van der Waals surface area contributed by atoms with Gasteiger partial charge in [0.1, 0.15) is 5.82 Å². The normalized spacial score (nSPS) is 12.2. The van der Waals surface area contributed by atoms with Gasteiger partial charge in [-0.25, -0.2) is 10.4 Å². The van der Waals surface area contributed by atoms with E-state index in [4.69, 9.17) is 5.84 Å². The molecule has 0 bridgehead atoms. The van der Waals surface area contributed by atoms with Crippen molar-refractivity contribution in [1.29, 1.82) is 0 Å². The molecule has 0 spiro atoms. The molecule has 3 N–H and O–H groups in total. The van der Waals surface area contributed by atoms with Crippen LogP contribution in [0.4, 0.5) is 5.82 Å². The van der Waals surface area contributed by atoms with E-state index in [-0.39, 0.29) is 6.04 Å². The van der Waals surface area contributed by atoms with Crippen molar-refractivity contribution in [3.63, 3.8) is 0 Å². The third-order valence-corrected chi connectivity index (χ3v) is 3.93. The molecule has 0 amide bonds. The molecule has 2 aromatic rings. The second-order valence-corrected chi connectivity index (χ2v) is 5.63. The molecule has 1 unspecified atom stereocenters. The van der Waals surface area contributed by atoms with Crippen LogP contribution in [0.3, 0.4) is 0 Å². The van der Waals surface area contributed by atoms with Gasteiger partial charge in [0.2, 0.25) is 0 Å². The van der Waals surface area contributed by atoms with Gasteiger partial charge in [0, 0.05) is 23.9 Å². The van der Waals surface area contributed by atoms with Gasteiger partial charge in [0.15, 0.2) is 0 Å². The Kier molecular flexibility index (Phi) is 4.73. The Labute approximate surface area is 127 Å². The highest BCUT2D eigenvalue weighted by Crippen LogP contribution is 2.25. The van der Waals surface area contributed by atoms with Crippen molar-refractivity contribution in [3.05, 3.63) is 57.3 Å². The van der Waals surface area contributed by atoms with Gasteiger partial charge < -0.3 is 4.90 Å². The lowest BCUT2D eigenvalue weighted by atomic mass is 10.0. The third-order valence-electron chi connectivity index (χ3n) is 2.95. The number of pyridine rings is 1. The highest BCUT2D eigenvalue weighted by molar-refractivity contribution is 14.1. The Balaban J connectivity index is 2.35. The standard InChI is InChI=1S/C14H17IN4/c1-19(2)13-8-7-10(9-17-13)14(18-16)11-5-3-4-6-12(11)15/h3-9,14,18H,16H2,1-2H3. The lowest BCUT2D eigenvalue weighted by molar-refractivity contribution is 0.632. The van der Waals surface area contributed by atoms with Gasteiger partial charge in [-0.05, 0) is 45.9 Å². The number of hydrogen-bond donors (Lipinski definition) is 2. The Morgan fingerprint density at radius 3 is 2.47 bits per heavy atom. The van der Waals surface area contributed by atoms with E-state index >= 15 is 0 Å². The SMILES string of the molecule is CN(C)c1ccc(C(NN)c2ccccc2I)cn1. The molecule has 0 aliphatic rings. The molecule has 0 saturated carbocycles. The predicted octanol–water partition coefficient (Wildman–Crippen LogP) is 2.30. The fourth-order valence-electron chi connectivity index (χ4n) is 1.91. The van der Waals surface area contributed by atoms with Crippen LogP contribution < -0.4 is 16.2 Å². The largest absolute Gasteiger partial charge is 0.363 e. The van der Waals surface area contributed by atoms with Crippen LogP contribution in [-0.2, 0) is 0 Å². The molecular formula is C14H17IN4. The Morgan fingerprint density at radius 2 is 1.95 bits per heavy atom. The van der Waals surface area contributed by atoms with Crippen LogP contribution in [0.25, 0.3) is 0 Å². The summed E-state index contributed by atoms with van der Waals surface area (Å²) in [6.07, 6.45) is 1.86. The van der Waals surface area contributed by atoms with E-state index < -0.39 is 0 Å². The van der Waals surface area contributed by atoms with Crippen LogP contribution in [0.1, 0.15) is 17.2 Å². The Bertz CT molecular complexity index is 539. The zero-order valence-corrected chi connectivity index (χ0v) is 13.1. The summed E-state index contributed by atoms with van der Waals surface area (Å²) < 4.78 is 1.18. The molecule has 0 fully saturated rings. The zero-order valence-electron chi connectivity index (χ0n) is 11.0. The second kappa shape index (κ2) is 6.31. The van der Waals surface area contributed by atoms with E-state index in [2.05, 4.69) is 51.2 Å². The van der Waals surface area contributed by atoms with E-state index in [0.29, 0.717) is 0 Å². The predicted molar refractivity (Wildman–Crippen MR) is 86.9 cm³/mol. The van der Waals surface area contributed by atoms with Crippen LogP contribution in [0.5, 0.6) is 0 Å². The summed E-state index contributed by atoms with van der Waals surface area (Å²) in [6, 6.07) is 12.2. The number of benzene rings is 1. The van der Waals surface area contributed by atoms with E-state index in [9.17, 15) is 0 Å². The molecule has 1 aromatic heterocycles. The zero-order chi connectivity index (χ0) is 13.8. The van der Waals surface area contributed by atoms with E-state index in [1.165, 1.54) is 3.57 Å². The number of halogens is 1. The highest BCUT2D eigenvalue weighted by atomic mass is 127. The van der Waals surface area contributed by atoms with Crippen LogP contribution in [-0.4, -0.2) is 19.1 Å². The summed E-state index contributed by atoms with van der Waals surface area (Å²) in [4.78, 5) is 6.40. The highest BCUT2D eigenvalue weighted by Gasteiger charge is 2.15. The van der Waals surface area contributed by atoms with Crippen molar-refractivity contribution >= 4 is 28.4 Å². The van der Waals surface area contributed by atoms with Gasteiger partial charge >= 0.3 is 0 Å². The number of aromatic nitrogens is 1. The van der Waals surface area contributed by atoms with Gasteiger partial charge in [-0.1, -0.05) is 24.3 Å². The molecule has 100 valence electrons. The van der Waals surface area contributed by atoms with Crippen molar-refractivity contribution in [3.8, 4) is 0 Å². The molecule has 0 aliphatic carbocycles. The molecule has 0 aliphatic heterocycles. The van der Waals surface area contributed by atoms with Crippen molar-refractivity contribution in [2.45, 2.75) is 6.04 Å². The maximum atomic E-state index is 5.71. The lowest BCUT2D eigenvalue weighted by Gasteiger charge is -2.19. The van der Waals surface area contributed by atoms with E-state index in [1.807, 2.05) is 43.4 Å². The summed E-state index contributed by atoms with van der Waals surface area (Å²) in [5.74, 6) is 6.64. The van der Waals surface area contributed by atoms with E-state index in [0.717, 1.165) is 16.9 Å². The fourth-order valence-corrected chi connectivity index (χ4v) is 2.61. The van der Waals surface area contributed by atoms with Crippen molar-refractivity contribution in [2.24, 2.45) is 5.84 Å². The first-order chi connectivity index (χ1) is 9.13. The van der Waals surface area contributed by atoms with Gasteiger partial charge in [-0.15, -0.1) is 0 Å². The first-order valence-corrected chi connectivity index (χ1v) is 7.05. The fraction of sp³-hybridized carbons (Fsp3) is 0.214. The minimum Gasteiger partial charge on any atom is -0.363 e. The number of nitrogens with one attached hydrogen (secondary N) is 1. The third kappa shape index (κ3) is 3.23. The van der Waals surface area contributed by atoms with Crippen molar-refractivity contribution in [2.75, 3.05) is 19.0 Å². The van der Waals surface area contributed by atoms with Crippen LogP contribution >= 0.6 is 22.6 Å². The summed E-state index contributed by atoms with van der Waals surface area (Å²) in [5, 5.41) is 0. The van der Waals surface area contributed by atoms with Crippen molar-refractivity contribution < 1.29 is 0 Å². The lowest BCUT2D eigenvalue weighted by Crippen LogP contribution is -2.29. The van der Waals surface area contributed by atoms with Gasteiger partial charge in [-0.3, -0.25) is 5.84 Å². The molecule has 19 heavy (non-hydrogen) atoms. The average molecular weight is 368 g/mol. The Morgan fingerprint density at radius 1 is 1.21 bits per heavy atom. The monoisotopic (exact) mass is 368 g/mol. The smallest absolute Gasteiger partial charge is 0.127 e. The molecule has 0 radical (unpaired) electrons. The summed E-state index contributed by atoms with van der Waals surface area (Å²) in [5.41, 5.74) is 5.08. The molecule has 5 heteroatoms. The number of hydrogen-bond acceptors (Lipinski definition) is 4. The average Bonchev–Trinajstić information content (AvgIpc) is 2.42. The number of rotatable bonds is 4. The molecule has 1 aromatic carbocycles. The summed E-state index contributed by atoms with van der Waals surface area (Å²) >= 11 is 2.32. The van der Waals surface area contributed by atoms with E-state index in [1.54, 1.807) is 0 Å². The topological polar surface area (TPSA) is 54.2 Å². The molecule has 0 saturated heterocycles. The number of anilines is 1. The van der Waals surface area contributed by atoms with Gasteiger partial charge in [0.05, 0.1) is 6.04 Å². The second-order valence-electron chi connectivity index (χ2n) is 4.47. The van der Waals surface area contributed by atoms with Crippen LogP contribution in [0.2, 0.25) is 0 Å². The minimum atomic E-state index is -0.0446. The summed E-state index contributed by atoms with van der Waals surface area (Å²) in [7, 11) is 3.95. The first kappa shape index (κ1) is 14.2. The maximum Gasteiger partial charge on any atom is 0.127 e. The number of nitrogens with two attached hydrogens (primary N) is 1. The van der Waals surface area contributed by atoms with Gasteiger partial charge in [0.25, 0.3) is 0 Å². The van der Waals surface area contributed by atoms with Crippen LogP contribution in [0, 0.1) is 3.57 Å². The first-order valence-electron chi connectivity index (χ1n) is 5.97. The Hall–Kier alpha value is -1.18. The van der Waals surface area contributed by atoms with Crippen LogP contribution in [0.15, 0.2) is 42.6 Å². The summed E-state index contributed by atoms with van der Waals surface area (Å²) in [6.45, 7) is 0. The number of hydrazine groups is 1. The molecule has 2 rings (SSSR count). The molecular weight excluding hydrogens is 351 g/mol. The molecule has 4 nitrogen and oxygen atoms in total. The maximum absolute atomic E-state index is 5.71. The van der Waals surface area contributed by atoms with Gasteiger partial charge in [-0.2, -0.15) is 0 Å².